The van der Waals surface area contributed by atoms with E-state index in [1.807, 2.05) is 65.7 Å². The van der Waals surface area contributed by atoms with E-state index < -0.39 is 0 Å². The lowest BCUT2D eigenvalue weighted by Crippen LogP contribution is -2.33. The molecule has 3 aromatic heterocycles. The van der Waals surface area contributed by atoms with Crippen molar-refractivity contribution in [3.8, 4) is 56.4 Å². The molecule has 0 N–H and O–H groups in total. The smallest absolute Gasteiger partial charge is 0.250 e. The zero-order chi connectivity index (χ0) is 42.8. The molecule has 3 aliphatic rings. The summed E-state index contributed by atoms with van der Waals surface area (Å²) in [6.45, 7) is 0. The zero-order valence-corrected chi connectivity index (χ0v) is 35.4. The first-order chi connectivity index (χ1) is 32.2. The summed E-state index contributed by atoms with van der Waals surface area (Å²) in [6, 6.07) is 64.3. The van der Waals surface area contributed by atoms with Gasteiger partial charge in [0.1, 0.15) is 0 Å². The average Bonchev–Trinajstić information content (AvgIpc) is 4.07. The minimum atomic E-state index is -0.160. The summed E-state index contributed by atoms with van der Waals surface area (Å²) in [5.74, 6) is 1.65. The van der Waals surface area contributed by atoms with Gasteiger partial charge in [-0.15, -0.1) is 0 Å². The Morgan fingerprint density at radius 3 is 1.71 bits per heavy atom. The number of hydrogen-bond donors (Lipinski definition) is 0. The molecule has 0 radical (unpaired) electrons. The third-order valence-electron chi connectivity index (χ3n) is 13.2. The molecule has 0 spiro atoms. The highest BCUT2D eigenvalue weighted by Gasteiger charge is 2.40. The van der Waals surface area contributed by atoms with E-state index in [4.69, 9.17) is 20.1 Å². The van der Waals surface area contributed by atoms with Gasteiger partial charge in [-0.2, -0.15) is 15.1 Å². The van der Waals surface area contributed by atoms with Crippen LogP contribution in [0.2, 0.25) is 0 Å². The Morgan fingerprint density at radius 1 is 0.462 bits per heavy atom. The molecule has 0 bridgehead atoms. The Labute approximate surface area is 376 Å². The molecule has 2 aliphatic carbocycles. The van der Waals surface area contributed by atoms with Crippen LogP contribution in [-0.4, -0.2) is 36.3 Å². The maximum Gasteiger partial charge on any atom is 0.250 e. The van der Waals surface area contributed by atoms with Gasteiger partial charge in [-0.25, -0.2) is 9.99 Å². The van der Waals surface area contributed by atoms with Crippen molar-refractivity contribution in [2.24, 2.45) is 5.10 Å². The Balaban J connectivity index is 0.963. The van der Waals surface area contributed by atoms with E-state index >= 15 is 0 Å². The molecule has 0 saturated carbocycles. The van der Waals surface area contributed by atoms with Crippen LogP contribution in [0.15, 0.2) is 199 Å². The third-order valence-corrected chi connectivity index (χ3v) is 13.2. The number of nitrogens with zero attached hydrogens (tertiary/aromatic N) is 7. The number of hydrogen-bond acceptors (Lipinski definition) is 5. The lowest BCUT2D eigenvalue weighted by molar-refractivity contribution is 0.678. The van der Waals surface area contributed by atoms with Crippen LogP contribution in [0.25, 0.3) is 90.4 Å². The van der Waals surface area contributed by atoms with Crippen LogP contribution < -0.4 is 5.01 Å². The Kier molecular flexibility index (Phi) is 8.66. The minimum absolute atomic E-state index is 0.0873. The summed E-state index contributed by atoms with van der Waals surface area (Å²) < 4.78 is 4.91. The SMILES string of the molecule is C1=Cc2c(n(-c3ccccc3)c3ccc(-c4ccc5c(c4)c4c(n5-c5cccc(-c6ccccc6)c5)C5C=NN(c6nc(-c7ccccc7)nc(-c7ccccc7)n6)C5C=C4)cc23)CC1. The minimum Gasteiger partial charge on any atom is -0.313 e. The Morgan fingerprint density at radius 2 is 1.03 bits per heavy atom. The summed E-state index contributed by atoms with van der Waals surface area (Å²) in [5.41, 5.74) is 16.4. The second kappa shape index (κ2) is 15.1. The highest BCUT2D eigenvalue weighted by Crippen LogP contribution is 2.45. The number of para-hydroxylation sites is 1. The van der Waals surface area contributed by atoms with E-state index in [-0.39, 0.29) is 12.0 Å². The summed E-state index contributed by atoms with van der Waals surface area (Å²) in [7, 11) is 0. The summed E-state index contributed by atoms with van der Waals surface area (Å²) in [4.78, 5) is 15.1. The van der Waals surface area contributed by atoms with Crippen LogP contribution in [0.3, 0.4) is 0 Å². The molecule has 0 saturated heterocycles. The second-order valence-corrected chi connectivity index (χ2v) is 17.0. The second-order valence-electron chi connectivity index (χ2n) is 17.0. The molecule has 65 heavy (non-hydrogen) atoms. The fraction of sp³-hybridized carbons (Fsp3) is 0.0690. The highest BCUT2D eigenvalue weighted by molar-refractivity contribution is 6.01. The van der Waals surface area contributed by atoms with Gasteiger partial charge in [0.05, 0.1) is 23.0 Å². The van der Waals surface area contributed by atoms with Gasteiger partial charge in [0, 0.05) is 62.0 Å². The number of fused-ring (bicyclic) bond motifs is 8. The van der Waals surface area contributed by atoms with Gasteiger partial charge in [0.2, 0.25) is 0 Å². The van der Waals surface area contributed by atoms with Crippen LogP contribution in [0.5, 0.6) is 0 Å². The number of rotatable bonds is 7. The van der Waals surface area contributed by atoms with Crippen molar-refractivity contribution in [1.82, 2.24) is 24.1 Å². The van der Waals surface area contributed by atoms with E-state index in [1.54, 1.807) is 0 Å². The van der Waals surface area contributed by atoms with Crippen molar-refractivity contribution in [3.63, 3.8) is 0 Å². The molecule has 7 heteroatoms. The lowest BCUT2D eigenvalue weighted by Gasteiger charge is -2.28. The maximum atomic E-state index is 5.13. The van der Waals surface area contributed by atoms with Gasteiger partial charge < -0.3 is 9.13 Å². The molecular weight excluding hydrogens is 795 g/mol. The van der Waals surface area contributed by atoms with Gasteiger partial charge in [-0.1, -0.05) is 158 Å². The Hall–Kier alpha value is -8.42. The maximum absolute atomic E-state index is 5.13. The molecule has 308 valence electrons. The first-order valence-corrected chi connectivity index (χ1v) is 22.4. The molecule has 0 fully saturated rings. The molecular formula is C58H41N7. The van der Waals surface area contributed by atoms with E-state index in [0.717, 1.165) is 35.2 Å². The molecule has 2 atom stereocenters. The zero-order valence-electron chi connectivity index (χ0n) is 35.4. The number of allylic oxidation sites excluding steroid dienone is 1. The molecule has 13 rings (SSSR count). The lowest BCUT2D eigenvalue weighted by atomic mass is 9.88. The van der Waals surface area contributed by atoms with Crippen LogP contribution in [0, 0.1) is 0 Å². The number of benzene rings is 7. The standard InChI is InChI=1S/C58H41N7/c1-5-16-38(17-6-1)41-22-15-25-45(34-41)64-53-32-29-43(42-28-31-52-48(35-42)46-26-13-14-27-51(46)63(52)44-23-11-4-12-24-44)36-49(53)47-30-33-54-50(55(47)64)37-59-65(54)58-61-56(39-18-7-2-8-19-39)60-57(62-58)40-20-9-3-10-21-40/h1-13,15-26,28-37,50,54H,14,27H2. The van der Waals surface area contributed by atoms with Crippen molar-refractivity contribution in [2.75, 3.05) is 5.01 Å². The highest BCUT2D eigenvalue weighted by atomic mass is 15.5. The fourth-order valence-corrected chi connectivity index (χ4v) is 10.2. The van der Waals surface area contributed by atoms with Gasteiger partial charge in [0.25, 0.3) is 5.95 Å². The number of hydrazone groups is 1. The number of anilines is 1. The van der Waals surface area contributed by atoms with Gasteiger partial charge in [-0.05, 0) is 83.6 Å². The molecule has 0 amide bonds. The molecule has 7 aromatic carbocycles. The van der Waals surface area contributed by atoms with E-state index in [1.165, 1.54) is 66.7 Å². The predicted octanol–water partition coefficient (Wildman–Crippen LogP) is 13.4. The molecule has 2 unspecified atom stereocenters. The molecule has 10 aromatic rings. The van der Waals surface area contributed by atoms with E-state index in [0.29, 0.717) is 17.6 Å². The van der Waals surface area contributed by atoms with Crippen LogP contribution in [0.1, 0.15) is 34.9 Å². The van der Waals surface area contributed by atoms with Crippen molar-refractivity contribution in [1.29, 1.82) is 0 Å². The summed E-state index contributed by atoms with van der Waals surface area (Å²) in [5, 5.41) is 9.58. The predicted molar refractivity (Wildman–Crippen MR) is 266 cm³/mol. The van der Waals surface area contributed by atoms with Gasteiger partial charge in [0.15, 0.2) is 11.6 Å². The quantitative estimate of drug-likeness (QED) is 0.160. The molecule has 1 aliphatic heterocycles. The largest absolute Gasteiger partial charge is 0.313 e. The molecule has 4 heterocycles. The average molecular weight is 836 g/mol. The first-order valence-electron chi connectivity index (χ1n) is 22.4. The van der Waals surface area contributed by atoms with Crippen LogP contribution >= 0.6 is 0 Å². The van der Waals surface area contributed by atoms with E-state index in [2.05, 4.69) is 161 Å². The topological polar surface area (TPSA) is 64.1 Å². The third kappa shape index (κ3) is 6.19. The van der Waals surface area contributed by atoms with Crippen molar-refractivity contribution in [3.05, 3.63) is 217 Å². The molecule has 7 nitrogen and oxygen atoms in total. The van der Waals surface area contributed by atoms with Crippen molar-refractivity contribution >= 4 is 46.1 Å². The normalized spacial score (nSPS) is 16.0. The summed E-state index contributed by atoms with van der Waals surface area (Å²) >= 11 is 0. The van der Waals surface area contributed by atoms with Crippen molar-refractivity contribution < 1.29 is 0 Å². The Bertz CT molecular complexity index is 3490. The number of aromatic nitrogens is 5. The first kappa shape index (κ1) is 37.2. The fourth-order valence-electron chi connectivity index (χ4n) is 10.2. The summed E-state index contributed by atoms with van der Waals surface area (Å²) in [6.07, 6.45) is 13.4. The monoisotopic (exact) mass is 835 g/mol. The van der Waals surface area contributed by atoms with Gasteiger partial charge >= 0.3 is 0 Å². The van der Waals surface area contributed by atoms with Gasteiger partial charge in [-0.3, -0.25) is 0 Å². The van der Waals surface area contributed by atoms with Crippen LogP contribution in [-0.2, 0) is 6.42 Å². The van der Waals surface area contributed by atoms with E-state index in [9.17, 15) is 0 Å². The van der Waals surface area contributed by atoms with Crippen LogP contribution in [0.4, 0.5) is 5.95 Å². The van der Waals surface area contributed by atoms with Crippen molar-refractivity contribution in [2.45, 2.75) is 24.8 Å².